The molecule has 0 fully saturated rings. The molecule has 0 aliphatic heterocycles. The van der Waals surface area contributed by atoms with Gasteiger partial charge in [-0.05, 0) is 18.4 Å². The molecule has 2 aromatic rings. The summed E-state index contributed by atoms with van der Waals surface area (Å²) >= 11 is 0. The van der Waals surface area contributed by atoms with Crippen molar-refractivity contribution in [3.8, 4) is 5.75 Å². The lowest BCUT2D eigenvalue weighted by atomic mass is 10.1. The van der Waals surface area contributed by atoms with Crippen LogP contribution in [0.2, 0.25) is 0 Å². The van der Waals surface area contributed by atoms with Crippen LogP contribution in [-0.4, -0.2) is 22.9 Å². The van der Waals surface area contributed by atoms with E-state index in [1.807, 2.05) is 18.2 Å². The van der Waals surface area contributed by atoms with Crippen LogP contribution in [0.3, 0.4) is 0 Å². The minimum atomic E-state index is -0.146. The lowest BCUT2D eigenvalue weighted by molar-refractivity contribution is 0.323. The predicted octanol–water partition coefficient (Wildman–Crippen LogP) is 1.21. The minimum Gasteiger partial charge on any atom is -0.490 e. The van der Waals surface area contributed by atoms with Gasteiger partial charge in [-0.15, -0.1) is 0 Å². The number of aryl methyl sites for hydroxylation is 2. The van der Waals surface area contributed by atoms with Gasteiger partial charge in [0.05, 0.1) is 6.20 Å². The van der Waals surface area contributed by atoms with Crippen molar-refractivity contribution in [2.45, 2.75) is 19.4 Å². The Morgan fingerprint density at radius 2 is 2.05 bits per heavy atom. The molecular weight excluding hydrogens is 254 g/mol. The number of ether oxygens (including phenoxy) is 1. The molecule has 20 heavy (non-hydrogen) atoms. The molecule has 0 saturated carbocycles. The lowest BCUT2D eigenvalue weighted by Gasteiger charge is -2.07. The normalized spacial score (nSPS) is 10.4. The van der Waals surface area contributed by atoms with E-state index in [0.717, 1.165) is 12.8 Å². The Morgan fingerprint density at radius 1 is 1.25 bits per heavy atom. The third-order valence-electron chi connectivity index (χ3n) is 2.91. The Bertz CT molecular complexity index is 581. The van der Waals surface area contributed by atoms with Crippen molar-refractivity contribution in [1.29, 1.82) is 0 Å². The van der Waals surface area contributed by atoms with E-state index >= 15 is 0 Å². The number of hydrogen-bond acceptors (Lipinski definition) is 4. The van der Waals surface area contributed by atoms with Gasteiger partial charge in [-0.2, -0.15) is 5.10 Å². The van der Waals surface area contributed by atoms with E-state index in [1.165, 1.54) is 16.3 Å². The van der Waals surface area contributed by atoms with Crippen LogP contribution in [0, 0.1) is 0 Å². The third kappa shape index (κ3) is 4.20. The van der Waals surface area contributed by atoms with Crippen molar-refractivity contribution >= 4 is 0 Å². The topological polar surface area (TPSA) is 70.1 Å². The van der Waals surface area contributed by atoms with Crippen LogP contribution in [0.25, 0.3) is 0 Å². The average molecular weight is 273 g/mol. The van der Waals surface area contributed by atoms with Crippen molar-refractivity contribution in [1.82, 2.24) is 9.78 Å². The van der Waals surface area contributed by atoms with Gasteiger partial charge >= 0.3 is 0 Å². The number of benzene rings is 1. The summed E-state index contributed by atoms with van der Waals surface area (Å²) in [6, 6.07) is 11.6. The van der Waals surface area contributed by atoms with Crippen LogP contribution in [0.4, 0.5) is 0 Å². The zero-order valence-corrected chi connectivity index (χ0v) is 11.4. The van der Waals surface area contributed by atoms with E-state index in [2.05, 4.69) is 17.2 Å². The fourth-order valence-electron chi connectivity index (χ4n) is 1.92. The summed E-state index contributed by atoms with van der Waals surface area (Å²) in [5.74, 6) is 0.472. The number of nitrogens with zero attached hydrogens (tertiary/aromatic N) is 2. The van der Waals surface area contributed by atoms with E-state index in [0.29, 0.717) is 25.4 Å². The summed E-state index contributed by atoms with van der Waals surface area (Å²) in [6.07, 6.45) is 3.36. The monoisotopic (exact) mass is 273 g/mol. The number of aromatic nitrogens is 2. The summed E-state index contributed by atoms with van der Waals surface area (Å²) < 4.78 is 6.72. The van der Waals surface area contributed by atoms with Gasteiger partial charge in [-0.1, -0.05) is 30.3 Å². The second-order valence-corrected chi connectivity index (χ2v) is 4.48. The quantitative estimate of drug-likeness (QED) is 0.823. The van der Waals surface area contributed by atoms with Crippen molar-refractivity contribution in [3.63, 3.8) is 0 Å². The molecule has 0 unspecified atom stereocenters. The van der Waals surface area contributed by atoms with Crippen LogP contribution < -0.4 is 16.0 Å². The van der Waals surface area contributed by atoms with Crippen LogP contribution in [-0.2, 0) is 13.0 Å². The van der Waals surface area contributed by atoms with Crippen LogP contribution >= 0.6 is 0 Å². The van der Waals surface area contributed by atoms with E-state index in [1.54, 1.807) is 6.20 Å². The third-order valence-corrected chi connectivity index (χ3v) is 2.91. The number of hydrogen-bond donors (Lipinski definition) is 1. The first-order valence-electron chi connectivity index (χ1n) is 6.73. The molecule has 0 atom stereocenters. The first-order valence-corrected chi connectivity index (χ1v) is 6.73. The average Bonchev–Trinajstić information content (AvgIpc) is 2.48. The van der Waals surface area contributed by atoms with Crippen molar-refractivity contribution in [2.75, 3.05) is 13.2 Å². The Hall–Kier alpha value is -2.14. The van der Waals surface area contributed by atoms with E-state index in [-0.39, 0.29) is 5.56 Å². The SMILES string of the molecule is NCCOc1cnn(CCCc2ccccc2)c(=O)c1. The van der Waals surface area contributed by atoms with Gasteiger partial charge in [0.2, 0.25) is 0 Å². The smallest absolute Gasteiger partial charge is 0.270 e. The second-order valence-electron chi connectivity index (χ2n) is 4.48. The maximum Gasteiger partial charge on any atom is 0.270 e. The molecule has 5 nitrogen and oxygen atoms in total. The maximum atomic E-state index is 11.8. The first kappa shape index (κ1) is 14.3. The molecule has 0 amide bonds. The fourth-order valence-corrected chi connectivity index (χ4v) is 1.92. The van der Waals surface area contributed by atoms with Gasteiger partial charge in [0, 0.05) is 19.2 Å². The van der Waals surface area contributed by atoms with Gasteiger partial charge in [0.15, 0.2) is 0 Å². The van der Waals surface area contributed by atoms with Gasteiger partial charge in [-0.3, -0.25) is 4.79 Å². The van der Waals surface area contributed by atoms with Crippen molar-refractivity contribution < 1.29 is 4.74 Å². The summed E-state index contributed by atoms with van der Waals surface area (Å²) in [5, 5.41) is 4.10. The number of nitrogens with two attached hydrogens (primary N) is 1. The largest absolute Gasteiger partial charge is 0.490 e. The highest BCUT2D eigenvalue weighted by atomic mass is 16.5. The summed E-state index contributed by atoms with van der Waals surface area (Å²) in [4.78, 5) is 11.8. The molecule has 2 rings (SSSR count). The van der Waals surface area contributed by atoms with E-state index in [9.17, 15) is 4.79 Å². The van der Waals surface area contributed by atoms with Crippen LogP contribution in [0.15, 0.2) is 47.4 Å². The molecule has 0 saturated heterocycles. The van der Waals surface area contributed by atoms with Crippen LogP contribution in [0.5, 0.6) is 5.75 Å². The summed E-state index contributed by atoms with van der Waals surface area (Å²) in [7, 11) is 0. The predicted molar refractivity (Wildman–Crippen MR) is 77.8 cm³/mol. The molecular formula is C15H19N3O2. The highest BCUT2D eigenvalue weighted by molar-refractivity contribution is 5.15. The summed E-state index contributed by atoms with van der Waals surface area (Å²) in [5.41, 5.74) is 6.46. The Morgan fingerprint density at radius 3 is 2.75 bits per heavy atom. The standard InChI is InChI=1S/C15H19N3O2/c16-8-10-20-14-11-15(19)18(17-12-14)9-4-7-13-5-2-1-3-6-13/h1-3,5-6,11-12H,4,7-10,16H2. The van der Waals surface area contributed by atoms with Gasteiger partial charge in [0.25, 0.3) is 5.56 Å². The maximum absolute atomic E-state index is 11.8. The fraction of sp³-hybridized carbons (Fsp3) is 0.333. The molecule has 2 N–H and O–H groups in total. The van der Waals surface area contributed by atoms with E-state index < -0.39 is 0 Å². The number of rotatable bonds is 7. The van der Waals surface area contributed by atoms with Crippen molar-refractivity contribution in [3.05, 3.63) is 58.5 Å². The van der Waals surface area contributed by atoms with Gasteiger partial charge in [-0.25, -0.2) is 4.68 Å². The first-order chi connectivity index (χ1) is 9.79. The molecule has 0 aliphatic carbocycles. The molecule has 1 heterocycles. The molecule has 0 spiro atoms. The molecule has 106 valence electrons. The molecule has 0 radical (unpaired) electrons. The highest BCUT2D eigenvalue weighted by Gasteiger charge is 2.01. The molecule has 5 heteroatoms. The zero-order chi connectivity index (χ0) is 14.2. The minimum absolute atomic E-state index is 0.146. The lowest BCUT2D eigenvalue weighted by Crippen LogP contribution is -2.23. The van der Waals surface area contributed by atoms with Crippen LogP contribution in [0.1, 0.15) is 12.0 Å². The molecule has 0 bridgehead atoms. The second kappa shape index (κ2) is 7.45. The Balaban J connectivity index is 1.88. The Labute approximate surface area is 118 Å². The van der Waals surface area contributed by atoms with Gasteiger partial charge in [0.1, 0.15) is 12.4 Å². The molecule has 1 aromatic heterocycles. The van der Waals surface area contributed by atoms with E-state index in [4.69, 9.17) is 10.5 Å². The zero-order valence-electron chi connectivity index (χ0n) is 11.4. The summed E-state index contributed by atoms with van der Waals surface area (Å²) in [6.45, 7) is 1.41. The molecule has 0 aliphatic rings. The highest BCUT2D eigenvalue weighted by Crippen LogP contribution is 2.05. The Kier molecular flexibility index (Phi) is 5.32. The molecule has 1 aromatic carbocycles. The van der Waals surface area contributed by atoms with Crippen molar-refractivity contribution in [2.24, 2.45) is 5.73 Å². The van der Waals surface area contributed by atoms with Gasteiger partial charge < -0.3 is 10.5 Å².